The highest BCUT2D eigenvalue weighted by molar-refractivity contribution is 6.03. The lowest BCUT2D eigenvalue weighted by molar-refractivity contribution is 0.0988. The Balaban J connectivity index is 1.53. The van der Waals surface area contributed by atoms with E-state index in [9.17, 15) is 4.79 Å². The van der Waals surface area contributed by atoms with E-state index >= 15 is 0 Å². The van der Waals surface area contributed by atoms with Gasteiger partial charge in [0.15, 0.2) is 5.82 Å². The molecular formula is C19H15N5O2. The second kappa shape index (κ2) is 6.64. The Kier molecular flexibility index (Phi) is 4.03. The van der Waals surface area contributed by atoms with E-state index in [0.717, 1.165) is 17.0 Å². The van der Waals surface area contributed by atoms with Crippen LogP contribution in [0.3, 0.4) is 0 Å². The number of aryl methyl sites for hydroxylation is 1. The molecule has 0 aliphatic heterocycles. The van der Waals surface area contributed by atoms with Gasteiger partial charge in [0, 0.05) is 22.9 Å². The van der Waals surface area contributed by atoms with Gasteiger partial charge in [-0.2, -0.15) is 5.10 Å². The molecule has 0 radical (unpaired) electrons. The summed E-state index contributed by atoms with van der Waals surface area (Å²) in [7, 11) is 0. The van der Waals surface area contributed by atoms with E-state index in [4.69, 9.17) is 4.52 Å². The highest BCUT2D eigenvalue weighted by Gasteiger charge is 2.15. The van der Waals surface area contributed by atoms with Crippen molar-refractivity contribution in [2.24, 2.45) is 0 Å². The Morgan fingerprint density at radius 1 is 1.04 bits per heavy atom. The number of nitrogens with zero attached hydrogens (tertiary/aromatic N) is 3. The van der Waals surface area contributed by atoms with Gasteiger partial charge in [0.25, 0.3) is 5.91 Å². The number of rotatable bonds is 4. The first-order valence-electron chi connectivity index (χ1n) is 8.02. The zero-order valence-corrected chi connectivity index (χ0v) is 13.9. The minimum absolute atomic E-state index is 0.142. The monoisotopic (exact) mass is 345 g/mol. The van der Waals surface area contributed by atoms with Crippen molar-refractivity contribution in [3.8, 4) is 22.6 Å². The Labute approximate surface area is 149 Å². The Morgan fingerprint density at radius 3 is 2.62 bits per heavy atom. The van der Waals surface area contributed by atoms with Crippen molar-refractivity contribution in [2.45, 2.75) is 6.92 Å². The van der Waals surface area contributed by atoms with Gasteiger partial charge in [-0.25, -0.2) is 4.98 Å². The molecule has 7 nitrogen and oxygen atoms in total. The van der Waals surface area contributed by atoms with Crippen molar-refractivity contribution in [1.82, 2.24) is 20.3 Å². The molecule has 26 heavy (non-hydrogen) atoms. The summed E-state index contributed by atoms with van der Waals surface area (Å²) in [5.41, 5.74) is 2.92. The molecule has 0 aliphatic carbocycles. The topological polar surface area (TPSA) is 96.7 Å². The summed E-state index contributed by atoms with van der Waals surface area (Å²) in [5, 5.41) is 13.7. The van der Waals surface area contributed by atoms with Gasteiger partial charge >= 0.3 is 0 Å². The summed E-state index contributed by atoms with van der Waals surface area (Å²) in [6.07, 6.45) is 0. The van der Waals surface area contributed by atoms with E-state index in [0.29, 0.717) is 17.2 Å². The van der Waals surface area contributed by atoms with Gasteiger partial charge in [0.2, 0.25) is 5.76 Å². The van der Waals surface area contributed by atoms with Gasteiger partial charge in [-0.15, -0.1) is 0 Å². The van der Waals surface area contributed by atoms with Crippen LogP contribution in [0.15, 0.2) is 65.2 Å². The van der Waals surface area contributed by atoms with E-state index in [2.05, 4.69) is 25.7 Å². The summed E-state index contributed by atoms with van der Waals surface area (Å²) in [5.74, 6) is 1.07. The number of carbonyl (C=O) groups is 1. The van der Waals surface area contributed by atoms with Crippen LogP contribution in [0, 0.1) is 6.92 Å². The first-order valence-corrected chi connectivity index (χ1v) is 8.02. The number of hydrogen-bond donors (Lipinski definition) is 2. The van der Waals surface area contributed by atoms with Gasteiger partial charge in [-0.1, -0.05) is 47.6 Å². The summed E-state index contributed by atoms with van der Waals surface area (Å²) in [6.45, 7) is 1.83. The lowest BCUT2D eigenvalue weighted by atomic mass is 10.1. The molecule has 0 atom stereocenters. The van der Waals surface area contributed by atoms with E-state index < -0.39 is 0 Å². The fraction of sp³-hybridized carbons (Fsp3) is 0.0526. The summed E-state index contributed by atoms with van der Waals surface area (Å²) >= 11 is 0. The molecular weight excluding hydrogens is 330 g/mol. The Morgan fingerprint density at radius 2 is 1.85 bits per heavy atom. The second-order valence-corrected chi connectivity index (χ2v) is 5.72. The molecule has 4 rings (SSSR count). The van der Waals surface area contributed by atoms with E-state index in [1.165, 1.54) is 0 Å². The maximum absolute atomic E-state index is 12.4. The van der Waals surface area contributed by atoms with Gasteiger partial charge in [0.05, 0.1) is 0 Å². The fourth-order valence-electron chi connectivity index (χ4n) is 2.53. The number of hydrogen-bond acceptors (Lipinski definition) is 5. The highest BCUT2D eigenvalue weighted by atomic mass is 16.5. The molecule has 0 saturated carbocycles. The lowest BCUT2D eigenvalue weighted by Gasteiger charge is -2.04. The molecule has 2 heterocycles. The first kappa shape index (κ1) is 15.8. The van der Waals surface area contributed by atoms with Crippen molar-refractivity contribution in [2.75, 3.05) is 5.32 Å². The SMILES string of the molecule is Cc1nc(-c2cccc(NC(=O)c3cc(-c4ccccc4)no3)c2)n[nH]1. The molecule has 0 fully saturated rings. The summed E-state index contributed by atoms with van der Waals surface area (Å²) in [6, 6.07) is 18.4. The molecule has 0 unspecified atom stereocenters. The van der Waals surface area contributed by atoms with Crippen LogP contribution in [0.2, 0.25) is 0 Å². The van der Waals surface area contributed by atoms with Gasteiger partial charge in [0.1, 0.15) is 11.5 Å². The maximum Gasteiger partial charge on any atom is 0.294 e. The van der Waals surface area contributed by atoms with Crippen molar-refractivity contribution < 1.29 is 9.32 Å². The number of nitrogens with one attached hydrogen (secondary N) is 2. The Bertz CT molecular complexity index is 1050. The number of benzene rings is 2. The fourth-order valence-corrected chi connectivity index (χ4v) is 2.53. The highest BCUT2D eigenvalue weighted by Crippen LogP contribution is 2.22. The molecule has 0 saturated heterocycles. The van der Waals surface area contributed by atoms with Crippen molar-refractivity contribution in [3.63, 3.8) is 0 Å². The van der Waals surface area contributed by atoms with Crippen LogP contribution in [0.1, 0.15) is 16.4 Å². The molecule has 2 aromatic heterocycles. The number of carbonyl (C=O) groups excluding carboxylic acids is 1. The number of aromatic nitrogens is 4. The maximum atomic E-state index is 12.4. The number of H-pyrrole nitrogens is 1. The van der Waals surface area contributed by atoms with Gasteiger partial charge < -0.3 is 9.84 Å². The average Bonchev–Trinajstić information content (AvgIpc) is 3.32. The smallest absolute Gasteiger partial charge is 0.294 e. The number of amides is 1. The third-order valence-electron chi connectivity index (χ3n) is 3.78. The largest absolute Gasteiger partial charge is 0.350 e. The molecule has 7 heteroatoms. The summed E-state index contributed by atoms with van der Waals surface area (Å²) < 4.78 is 5.18. The molecule has 0 bridgehead atoms. The molecule has 2 aromatic carbocycles. The van der Waals surface area contributed by atoms with Gasteiger partial charge in [-0.05, 0) is 19.1 Å². The van der Waals surface area contributed by atoms with Crippen LogP contribution < -0.4 is 5.32 Å². The zero-order valence-electron chi connectivity index (χ0n) is 13.9. The predicted molar refractivity (Wildman–Crippen MR) is 96.4 cm³/mol. The van der Waals surface area contributed by atoms with E-state index in [1.807, 2.05) is 49.4 Å². The molecule has 1 amide bonds. The Hall–Kier alpha value is -3.74. The summed E-state index contributed by atoms with van der Waals surface area (Å²) in [4.78, 5) is 16.7. The first-order chi connectivity index (χ1) is 12.7. The van der Waals surface area contributed by atoms with E-state index in [1.54, 1.807) is 18.2 Å². The van der Waals surface area contributed by atoms with Crippen LogP contribution in [-0.4, -0.2) is 26.2 Å². The molecule has 0 aliphatic rings. The van der Waals surface area contributed by atoms with Crippen LogP contribution in [0.4, 0.5) is 5.69 Å². The van der Waals surface area contributed by atoms with Crippen LogP contribution in [0.25, 0.3) is 22.6 Å². The normalized spacial score (nSPS) is 10.7. The minimum atomic E-state index is -0.372. The van der Waals surface area contributed by atoms with Crippen molar-refractivity contribution in [3.05, 3.63) is 72.2 Å². The number of aromatic amines is 1. The minimum Gasteiger partial charge on any atom is -0.350 e. The standard InChI is InChI=1S/C19H15N5O2/c1-12-20-18(23-22-12)14-8-5-9-15(10-14)21-19(25)17-11-16(24-26-17)13-6-3-2-4-7-13/h2-11H,1H3,(H,21,25)(H,20,22,23). The second-order valence-electron chi connectivity index (χ2n) is 5.72. The predicted octanol–water partition coefficient (Wildman–Crippen LogP) is 3.69. The van der Waals surface area contributed by atoms with Crippen LogP contribution >= 0.6 is 0 Å². The molecule has 128 valence electrons. The van der Waals surface area contributed by atoms with Crippen molar-refractivity contribution in [1.29, 1.82) is 0 Å². The van der Waals surface area contributed by atoms with Crippen LogP contribution in [-0.2, 0) is 0 Å². The van der Waals surface area contributed by atoms with Gasteiger partial charge in [-0.3, -0.25) is 9.89 Å². The zero-order chi connectivity index (χ0) is 17.9. The van der Waals surface area contributed by atoms with E-state index in [-0.39, 0.29) is 11.7 Å². The third kappa shape index (κ3) is 3.23. The van der Waals surface area contributed by atoms with Crippen LogP contribution in [0.5, 0.6) is 0 Å². The van der Waals surface area contributed by atoms with Crippen molar-refractivity contribution >= 4 is 11.6 Å². The quantitative estimate of drug-likeness (QED) is 0.588. The number of anilines is 1. The molecule has 0 spiro atoms. The third-order valence-corrected chi connectivity index (χ3v) is 3.78. The average molecular weight is 345 g/mol. The lowest BCUT2D eigenvalue weighted by Crippen LogP contribution is -2.10. The molecule has 4 aromatic rings. The molecule has 2 N–H and O–H groups in total.